The van der Waals surface area contributed by atoms with E-state index in [4.69, 9.17) is 0 Å². The van der Waals surface area contributed by atoms with Gasteiger partial charge in [0.15, 0.2) is 5.78 Å². The molecule has 0 saturated carbocycles. The molecule has 9 heteroatoms. The van der Waals surface area contributed by atoms with E-state index in [2.05, 4.69) is 20.4 Å². The fraction of sp³-hybridized carbons (Fsp3) is 0.188. The van der Waals surface area contributed by atoms with Crippen LogP contribution in [0.5, 0.6) is 0 Å². The van der Waals surface area contributed by atoms with E-state index in [9.17, 15) is 18.4 Å². The molecule has 0 saturated heterocycles. The predicted molar refractivity (Wildman–Crippen MR) is 84.9 cm³/mol. The second-order valence-corrected chi connectivity index (χ2v) is 5.36. The normalized spacial score (nSPS) is 11.1. The van der Waals surface area contributed by atoms with E-state index in [1.54, 1.807) is 25.1 Å². The highest BCUT2D eigenvalue weighted by Gasteiger charge is 2.20. The van der Waals surface area contributed by atoms with Crippen LogP contribution in [0.2, 0.25) is 0 Å². The summed E-state index contributed by atoms with van der Waals surface area (Å²) in [6, 6.07) is 7.51. The first kappa shape index (κ1) is 16.6. The van der Waals surface area contributed by atoms with Crippen molar-refractivity contribution in [2.45, 2.75) is 20.3 Å². The molecule has 0 radical (unpaired) electrons. The van der Waals surface area contributed by atoms with Gasteiger partial charge in [-0.25, -0.2) is 13.8 Å². The Hall–Kier alpha value is -3.23. The number of fused-ring (bicyclic) bond motifs is 1. The number of ketones is 1. The highest BCUT2D eigenvalue weighted by Crippen LogP contribution is 2.20. The van der Waals surface area contributed by atoms with Crippen LogP contribution in [-0.4, -0.2) is 31.3 Å². The highest BCUT2D eigenvalue weighted by atomic mass is 19.3. The zero-order valence-corrected chi connectivity index (χ0v) is 13.3. The van der Waals surface area contributed by atoms with Crippen LogP contribution >= 0.6 is 0 Å². The van der Waals surface area contributed by atoms with Crippen molar-refractivity contribution in [3.63, 3.8) is 0 Å². The number of amides is 1. The van der Waals surface area contributed by atoms with Gasteiger partial charge >= 0.3 is 0 Å². The van der Waals surface area contributed by atoms with E-state index >= 15 is 0 Å². The van der Waals surface area contributed by atoms with Gasteiger partial charge < -0.3 is 5.32 Å². The van der Waals surface area contributed by atoms with Gasteiger partial charge in [0, 0.05) is 16.9 Å². The number of alkyl halides is 2. The van der Waals surface area contributed by atoms with Gasteiger partial charge in [-0.15, -0.1) is 5.10 Å². The Morgan fingerprint density at radius 2 is 1.96 bits per heavy atom. The van der Waals surface area contributed by atoms with Crippen molar-refractivity contribution in [1.82, 2.24) is 19.6 Å². The van der Waals surface area contributed by atoms with E-state index in [0.717, 1.165) is 4.52 Å². The first-order valence-corrected chi connectivity index (χ1v) is 7.30. The van der Waals surface area contributed by atoms with Crippen LogP contribution in [-0.2, 0) is 0 Å². The zero-order valence-electron chi connectivity index (χ0n) is 13.3. The van der Waals surface area contributed by atoms with Crippen molar-refractivity contribution >= 4 is 23.2 Å². The Balaban J connectivity index is 1.94. The maximum atomic E-state index is 13.1. The van der Waals surface area contributed by atoms with E-state index in [-0.39, 0.29) is 17.4 Å². The molecule has 1 N–H and O–H groups in total. The maximum Gasteiger partial charge on any atom is 0.295 e. The number of carbonyl (C=O) groups is 2. The second-order valence-electron chi connectivity index (χ2n) is 5.36. The number of carbonyl (C=O) groups excluding carboxylic acids is 2. The molecule has 0 fully saturated rings. The molecule has 2 heterocycles. The first-order valence-electron chi connectivity index (χ1n) is 7.30. The van der Waals surface area contributed by atoms with Gasteiger partial charge in [-0.05, 0) is 32.0 Å². The fourth-order valence-electron chi connectivity index (χ4n) is 2.27. The van der Waals surface area contributed by atoms with Crippen LogP contribution in [0.1, 0.15) is 45.7 Å². The Morgan fingerprint density at radius 1 is 1.20 bits per heavy atom. The average molecular weight is 345 g/mol. The lowest BCUT2D eigenvalue weighted by atomic mass is 10.1. The van der Waals surface area contributed by atoms with Gasteiger partial charge in [0.2, 0.25) is 5.82 Å². The molecule has 7 nitrogen and oxygen atoms in total. The molecule has 0 unspecified atom stereocenters. The number of anilines is 1. The molecule has 1 amide bonds. The fourth-order valence-corrected chi connectivity index (χ4v) is 2.27. The zero-order chi connectivity index (χ0) is 18.1. The molecule has 3 rings (SSSR count). The molecule has 0 spiro atoms. The lowest BCUT2D eigenvalue weighted by molar-refractivity contribution is 0.100. The number of Topliss-reactive ketones (excluding diaryl/α,β-unsaturated/α-hetero) is 1. The smallest absolute Gasteiger partial charge is 0.295 e. The standard InChI is InChI=1S/C16H13F2N5O2/c1-8-6-12(13(17)18)23-16(19-8)21-14(22-23)15(25)20-11-5-3-4-10(7-11)9(2)24/h3-7,13H,1-2H3,(H,20,25). The molecule has 25 heavy (non-hydrogen) atoms. The van der Waals surface area contributed by atoms with E-state index in [0.29, 0.717) is 16.9 Å². The summed E-state index contributed by atoms with van der Waals surface area (Å²) in [5.41, 5.74) is 0.747. The van der Waals surface area contributed by atoms with E-state index in [1.165, 1.54) is 19.1 Å². The van der Waals surface area contributed by atoms with Crippen LogP contribution in [0.3, 0.4) is 0 Å². The van der Waals surface area contributed by atoms with Crippen LogP contribution in [0.4, 0.5) is 14.5 Å². The minimum Gasteiger partial charge on any atom is -0.319 e. The minimum absolute atomic E-state index is 0.0852. The Bertz CT molecular complexity index is 984. The third-order valence-corrected chi connectivity index (χ3v) is 3.42. The number of benzene rings is 1. The predicted octanol–water partition coefficient (Wildman–Crippen LogP) is 2.83. The van der Waals surface area contributed by atoms with Gasteiger partial charge in [0.25, 0.3) is 18.1 Å². The Morgan fingerprint density at radius 3 is 2.64 bits per heavy atom. The molecule has 0 aliphatic rings. The van der Waals surface area contributed by atoms with Gasteiger partial charge in [0.1, 0.15) is 5.69 Å². The van der Waals surface area contributed by atoms with Crippen molar-refractivity contribution in [3.05, 3.63) is 53.1 Å². The minimum atomic E-state index is -2.78. The summed E-state index contributed by atoms with van der Waals surface area (Å²) < 4.78 is 27.1. The quantitative estimate of drug-likeness (QED) is 0.735. The summed E-state index contributed by atoms with van der Waals surface area (Å²) in [7, 11) is 0. The third-order valence-electron chi connectivity index (χ3n) is 3.42. The Labute approximate surface area is 140 Å². The Kier molecular flexibility index (Phi) is 4.22. The number of halogens is 2. The van der Waals surface area contributed by atoms with Gasteiger partial charge in [-0.3, -0.25) is 9.59 Å². The topological polar surface area (TPSA) is 89.2 Å². The number of hydrogen-bond donors (Lipinski definition) is 1. The van der Waals surface area contributed by atoms with Crippen molar-refractivity contribution in [2.24, 2.45) is 0 Å². The number of nitrogens with zero attached hydrogens (tertiary/aromatic N) is 4. The van der Waals surface area contributed by atoms with E-state index < -0.39 is 18.0 Å². The molecular formula is C16H13F2N5O2. The van der Waals surface area contributed by atoms with Crippen molar-refractivity contribution in [2.75, 3.05) is 5.32 Å². The lowest BCUT2D eigenvalue weighted by Gasteiger charge is -2.04. The summed E-state index contributed by atoms with van der Waals surface area (Å²) in [5.74, 6) is -1.22. The molecular weight excluding hydrogens is 332 g/mol. The first-order chi connectivity index (χ1) is 11.8. The number of aromatic nitrogens is 4. The molecule has 1 aromatic carbocycles. The second kappa shape index (κ2) is 6.34. The summed E-state index contributed by atoms with van der Waals surface area (Å²) in [5, 5.41) is 6.35. The maximum absolute atomic E-state index is 13.1. The lowest BCUT2D eigenvalue weighted by Crippen LogP contribution is -2.14. The monoisotopic (exact) mass is 345 g/mol. The van der Waals surface area contributed by atoms with Crippen LogP contribution in [0.15, 0.2) is 30.3 Å². The van der Waals surface area contributed by atoms with Crippen molar-refractivity contribution < 1.29 is 18.4 Å². The molecule has 2 aromatic heterocycles. The molecule has 128 valence electrons. The van der Waals surface area contributed by atoms with Crippen molar-refractivity contribution in [1.29, 1.82) is 0 Å². The molecule has 0 aliphatic heterocycles. The van der Waals surface area contributed by atoms with Crippen LogP contribution in [0.25, 0.3) is 5.78 Å². The van der Waals surface area contributed by atoms with Gasteiger partial charge in [-0.1, -0.05) is 12.1 Å². The third kappa shape index (κ3) is 3.35. The summed E-state index contributed by atoms with van der Waals surface area (Å²) in [4.78, 5) is 31.6. The molecule has 0 atom stereocenters. The molecule has 0 aliphatic carbocycles. The average Bonchev–Trinajstić information content (AvgIpc) is 2.98. The van der Waals surface area contributed by atoms with E-state index in [1.807, 2.05) is 0 Å². The largest absolute Gasteiger partial charge is 0.319 e. The summed E-state index contributed by atoms with van der Waals surface area (Å²) >= 11 is 0. The summed E-state index contributed by atoms with van der Waals surface area (Å²) in [6.45, 7) is 2.96. The SMILES string of the molecule is CC(=O)c1cccc(NC(=O)c2nc3nc(C)cc(C(F)F)n3n2)c1. The van der Waals surface area contributed by atoms with Gasteiger partial charge in [-0.2, -0.15) is 9.50 Å². The van der Waals surface area contributed by atoms with Gasteiger partial charge in [0.05, 0.1) is 0 Å². The van der Waals surface area contributed by atoms with Crippen molar-refractivity contribution in [3.8, 4) is 0 Å². The molecule has 0 bridgehead atoms. The number of hydrogen-bond acceptors (Lipinski definition) is 5. The summed E-state index contributed by atoms with van der Waals surface area (Å²) in [6.07, 6.45) is -2.78. The number of aryl methyl sites for hydroxylation is 1. The number of nitrogens with one attached hydrogen (secondary N) is 1. The van der Waals surface area contributed by atoms with Crippen LogP contribution < -0.4 is 5.32 Å². The highest BCUT2D eigenvalue weighted by molar-refractivity contribution is 6.03. The number of rotatable bonds is 4. The van der Waals surface area contributed by atoms with Crippen LogP contribution in [0, 0.1) is 6.92 Å². The molecule has 3 aromatic rings.